The number of hydrogen-bond donors (Lipinski definition) is 1. The molecule has 0 aliphatic heterocycles. The van der Waals surface area contributed by atoms with E-state index in [-0.39, 0.29) is 5.41 Å². The van der Waals surface area contributed by atoms with Crippen molar-refractivity contribution in [2.45, 2.75) is 51.3 Å². The largest absolute Gasteiger partial charge is 0.385 e. The fourth-order valence-corrected chi connectivity index (χ4v) is 2.73. The quantitative estimate of drug-likeness (QED) is 0.735. The molecule has 3 nitrogen and oxygen atoms in total. The van der Waals surface area contributed by atoms with E-state index in [2.05, 4.69) is 26.1 Å². The number of hydrogen-bond acceptors (Lipinski definition) is 3. The Hall–Kier alpha value is -1.03. The van der Waals surface area contributed by atoms with E-state index in [1.54, 1.807) is 12.1 Å². The van der Waals surface area contributed by atoms with Crippen LogP contribution in [-0.4, -0.2) is 21.2 Å². The van der Waals surface area contributed by atoms with Crippen LogP contribution in [0.2, 0.25) is 0 Å². The molecule has 0 fully saturated rings. The number of anilines is 1. The van der Waals surface area contributed by atoms with Crippen LogP contribution >= 0.6 is 0 Å². The molecular weight excluding hydrogens is 270 g/mol. The summed E-state index contributed by atoms with van der Waals surface area (Å²) in [4.78, 5) is 0.366. The first kappa shape index (κ1) is 17.0. The van der Waals surface area contributed by atoms with Gasteiger partial charge in [-0.3, -0.25) is 0 Å². The smallest absolute Gasteiger partial charge is 0.175 e. The zero-order valence-corrected chi connectivity index (χ0v) is 13.9. The van der Waals surface area contributed by atoms with Gasteiger partial charge in [0.1, 0.15) is 0 Å². The van der Waals surface area contributed by atoms with E-state index >= 15 is 0 Å². The van der Waals surface area contributed by atoms with Crippen molar-refractivity contribution in [3.05, 3.63) is 24.3 Å². The van der Waals surface area contributed by atoms with Crippen LogP contribution in [-0.2, 0) is 9.84 Å². The van der Waals surface area contributed by atoms with E-state index < -0.39 is 9.84 Å². The molecule has 1 rings (SSSR count). The molecule has 1 aromatic carbocycles. The topological polar surface area (TPSA) is 46.2 Å². The second kappa shape index (κ2) is 7.11. The van der Waals surface area contributed by atoms with Gasteiger partial charge in [0.05, 0.1) is 4.90 Å². The van der Waals surface area contributed by atoms with Gasteiger partial charge >= 0.3 is 0 Å². The minimum atomic E-state index is -3.11. The van der Waals surface area contributed by atoms with Crippen molar-refractivity contribution in [2.75, 3.05) is 18.1 Å². The minimum absolute atomic E-state index is 0.255. The number of sulfone groups is 1. The summed E-state index contributed by atoms with van der Waals surface area (Å²) in [6.07, 6.45) is 6.22. The summed E-state index contributed by atoms with van der Waals surface area (Å²) in [6.45, 7) is 7.64. The minimum Gasteiger partial charge on any atom is -0.385 e. The van der Waals surface area contributed by atoms with Gasteiger partial charge in [-0.15, -0.1) is 0 Å². The maximum absolute atomic E-state index is 11.4. The molecule has 0 saturated heterocycles. The average Bonchev–Trinajstić information content (AvgIpc) is 2.36. The van der Waals surface area contributed by atoms with Crippen LogP contribution < -0.4 is 5.32 Å². The molecule has 0 unspecified atom stereocenters. The molecule has 114 valence electrons. The fourth-order valence-electron chi connectivity index (χ4n) is 2.10. The van der Waals surface area contributed by atoms with Crippen molar-refractivity contribution in [1.82, 2.24) is 0 Å². The third-order valence-electron chi connectivity index (χ3n) is 3.51. The molecule has 0 aliphatic carbocycles. The summed E-state index contributed by atoms with van der Waals surface area (Å²) < 4.78 is 22.8. The van der Waals surface area contributed by atoms with Gasteiger partial charge in [0, 0.05) is 18.5 Å². The van der Waals surface area contributed by atoms with Gasteiger partial charge in [-0.25, -0.2) is 8.42 Å². The maximum Gasteiger partial charge on any atom is 0.175 e. The predicted octanol–water partition coefficient (Wildman–Crippen LogP) is 4.11. The van der Waals surface area contributed by atoms with E-state index in [0.717, 1.165) is 12.2 Å². The van der Waals surface area contributed by atoms with E-state index in [1.807, 2.05) is 12.1 Å². The van der Waals surface area contributed by atoms with E-state index in [0.29, 0.717) is 4.90 Å². The lowest BCUT2D eigenvalue weighted by Gasteiger charge is -2.25. The molecule has 0 atom stereocenters. The van der Waals surface area contributed by atoms with E-state index in [9.17, 15) is 8.42 Å². The Labute approximate surface area is 123 Å². The average molecular weight is 297 g/mol. The molecule has 0 bridgehead atoms. The molecular formula is C16H27NO2S. The summed E-state index contributed by atoms with van der Waals surface area (Å²) in [6, 6.07) is 6.97. The normalized spacial score (nSPS) is 12.4. The van der Waals surface area contributed by atoms with Crippen LogP contribution in [0.1, 0.15) is 46.5 Å². The molecule has 0 saturated carbocycles. The second-order valence-corrected chi connectivity index (χ2v) is 8.29. The Morgan fingerprint density at radius 2 is 1.70 bits per heavy atom. The highest BCUT2D eigenvalue weighted by atomic mass is 32.2. The lowest BCUT2D eigenvalue weighted by molar-refractivity contribution is 0.342. The highest BCUT2D eigenvalue weighted by molar-refractivity contribution is 7.90. The summed E-state index contributed by atoms with van der Waals surface area (Å²) >= 11 is 0. The SMILES string of the molecule is CCCCCC(C)(C)CNc1ccc(S(C)(=O)=O)cc1. The molecule has 0 spiro atoms. The zero-order valence-electron chi connectivity index (χ0n) is 13.1. The first-order valence-corrected chi connectivity index (χ1v) is 9.18. The maximum atomic E-state index is 11.4. The number of benzene rings is 1. The Morgan fingerprint density at radius 3 is 2.20 bits per heavy atom. The van der Waals surface area contributed by atoms with Crippen LogP contribution in [0.3, 0.4) is 0 Å². The van der Waals surface area contributed by atoms with Crippen LogP contribution in [0.15, 0.2) is 29.2 Å². The van der Waals surface area contributed by atoms with E-state index in [4.69, 9.17) is 0 Å². The molecule has 0 heterocycles. The summed E-state index contributed by atoms with van der Waals surface area (Å²) in [5.74, 6) is 0. The van der Waals surface area contributed by atoms with Gasteiger partial charge in [-0.1, -0.05) is 40.0 Å². The zero-order chi connectivity index (χ0) is 15.2. The molecule has 0 aliphatic rings. The molecule has 0 radical (unpaired) electrons. The lowest BCUT2D eigenvalue weighted by atomic mass is 9.87. The third-order valence-corrected chi connectivity index (χ3v) is 4.64. The highest BCUT2D eigenvalue weighted by Crippen LogP contribution is 2.24. The Balaban J connectivity index is 2.53. The van der Waals surface area contributed by atoms with Crippen molar-refractivity contribution in [2.24, 2.45) is 5.41 Å². The molecule has 1 aromatic rings. The number of nitrogens with one attached hydrogen (secondary N) is 1. The molecule has 0 aromatic heterocycles. The third kappa shape index (κ3) is 5.95. The van der Waals surface area contributed by atoms with Crippen LogP contribution in [0.25, 0.3) is 0 Å². The lowest BCUT2D eigenvalue weighted by Crippen LogP contribution is -2.23. The molecule has 1 N–H and O–H groups in total. The number of rotatable bonds is 8. The number of unbranched alkanes of at least 4 members (excludes halogenated alkanes) is 2. The van der Waals surface area contributed by atoms with Gasteiger partial charge in [0.15, 0.2) is 9.84 Å². The van der Waals surface area contributed by atoms with Gasteiger partial charge in [0.2, 0.25) is 0 Å². The first-order valence-electron chi connectivity index (χ1n) is 7.28. The van der Waals surface area contributed by atoms with Gasteiger partial charge < -0.3 is 5.32 Å². The van der Waals surface area contributed by atoms with Crippen LogP contribution in [0, 0.1) is 5.41 Å². The van der Waals surface area contributed by atoms with Crippen molar-refractivity contribution in [3.8, 4) is 0 Å². The standard InChI is InChI=1S/C16H27NO2S/c1-5-6-7-12-16(2,3)13-17-14-8-10-15(11-9-14)20(4,18)19/h8-11,17H,5-7,12-13H2,1-4H3. The van der Waals surface area contributed by atoms with Gasteiger partial charge in [-0.2, -0.15) is 0 Å². The van der Waals surface area contributed by atoms with Crippen molar-refractivity contribution in [1.29, 1.82) is 0 Å². The second-order valence-electron chi connectivity index (χ2n) is 6.27. The van der Waals surface area contributed by atoms with Crippen molar-refractivity contribution in [3.63, 3.8) is 0 Å². The predicted molar refractivity (Wildman–Crippen MR) is 86.0 cm³/mol. The van der Waals surface area contributed by atoms with Crippen LogP contribution in [0.5, 0.6) is 0 Å². The Kier molecular flexibility index (Phi) is 6.06. The molecule has 0 amide bonds. The van der Waals surface area contributed by atoms with Crippen molar-refractivity contribution >= 4 is 15.5 Å². The van der Waals surface area contributed by atoms with Gasteiger partial charge in [0.25, 0.3) is 0 Å². The summed E-state index contributed by atoms with van der Waals surface area (Å²) in [5.41, 5.74) is 1.23. The van der Waals surface area contributed by atoms with Crippen LogP contribution in [0.4, 0.5) is 5.69 Å². The molecule has 20 heavy (non-hydrogen) atoms. The van der Waals surface area contributed by atoms with Gasteiger partial charge in [-0.05, 0) is 36.1 Å². The Bertz CT molecular complexity index is 504. The fraction of sp³-hybridized carbons (Fsp3) is 0.625. The Morgan fingerprint density at radius 1 is 1.10 bits per heavy atom. The highest BCUT2D eigenvalue weighted by Gasteiger charge is 2.17. The monoisotopic (exact) mass is 297 g/mol. The summed E-state index contributed by atoms with van der Waals surface area (Å²) in [7, 11) is -3.11. The first-order chi connectivity index (χ1) is 9.24. The van der Waals surface area contributed by atoms with E-state index in [1.165, 1.54) is 31.9 Å². The van der Waals surface area contributed by atoms with Crippen molar-refractivity contribution < 1.29 is 8.42 Å². The summed E-state index contributed by atoms with van der Waals surface area (Å²) in [5, 5.41) is 3.40. The molecule has 4 heteroatoms.